The second kappa shape index (κ2) is 11.8. The van der Waals surface area contributed by atoms with Crippen LogP contribution < -0.4 is 13.7 Å². The summed E-state index contributed by atoms with van der Waals surface area (Å²) in [6.07, 6.45) is 7.20. The van der Waals surface area contributed by atoms with Gasteiger partial charge in [-0.05, 0) is 0 Å². The second-order valence-corrected chi connectivity index (χ2v) is 21.2. The molecule has 1 aromatic carbocycles. The molecule has 0 aliphatic heterocycles. The van der Waals surface area contributed by atoms with Crippen molar-refractivity contribution in [3.63, 3.8) is 0 Å². The Bertz CT molecular complexity index is 881. The molecule has 166 valence electrons. The van der Waals surface area contributed by atoms with Crippen LogP contribution in [-0.4, -0.2) is 38.6 Å². The van der Waals surface area contributed by atoms with Crippen LogP contribution in [0.15, 0.2) is 27.4 Å². The number of fused-ring (bicyclic) bond motifs is 1. The number of methoxy groups -OCH3 is 2. The molecule has 1 heterocycles. The van der Waals surface area contributed by atoms with E-state index in [-0.39, 0.29) is 11.2 Å². The fourth-order valence-corrected chi connectivity index (χ4v) is 20.9. The van der Waals surface area contributed by atoms with Gasteiger partial charge >= 0.3 is 184 Å². The maximum absolute atomic E-state index is 13.0. The number of hydrogen-bond donors (Lipinski definition) is 0. The van der Waals surface area contributed by atoms with Crippen molar-refractivity contribution in [3.05, 3.63) is 34.2 Å². The molecule has 0 amide bonds. The van der Waals surface area contributed by atoms with E-state index in [2.05, 4.69) is 26.8 Å². The molecule has 1 aromatic heterocycles. The number of unbranched alkanes of at least 4 members (excludes halogenated alkanes) is 3. The van der Waals surface area contributed by atoms with E-state index in [1.165, 1.54) is 68.6 Å². The van der Waals surface area contributed by atoms with Crippen LogP contribution in [0.25, 0.3) is 11.0 Å². The predicted molar refractivity (Wildman–Crippen MR) is 125 cm³/mol. The van der Waals surface area contributed by atoms with Gasteiger partial charge in [-0.25, -0.2) is 0 Å². The Morgan fingerprint density at radius 2 is 1.53 bits per heavy atom. The van der Waals surface area contributed by atoms with E-state index >= 15 is 0 Å². The van der Waals surface area contributed by atoms with Crippen LogP contribution in [0, 0.1) is 0 Å². The fraction of sp³-hybridized carbons (Fsp3) is 0.583. The summed E-state index contributed by atoms with van der Waals surface area (Å²) in [5.74, 6) is -0.0568. The molecule has 0 N–H and O–H groups in total. The molecule has 0 aliphatic rings. The summed E-state index contributed by atoms with van der Waals surface area (Å²) < 4.78 is 21.4. The van der Waals surface area contributed by atoms with Crippen LogP contribution in [0.3, 0.4) is 0 Å². The van der Waals surface area contributed by atoms with Gasteiger partial charge in [0.15, 0.2) is 0 Å². The number of ether oxygens (including phenoxy) is 2. The van der Waals surface area contributed by atoms with Crippen LogP contribution in [0.2, 0.25) is 13.3 Å². The van der Waals surface area contributed by atoms with Gasteiger partial charge in [0.1, 0.15) is 0 Å². The van der Waals surface area contributed by atoms with E-state index < -0.39 is 24.3 Å². The van der Waals surface area contributed by atoms with Crippen molar-refractivity contribution >= 4 is 38.9 Å². The van der Waals surface area contributed by atoms with E-state index in [0.29, 0.717) is 16.7 Å². The third-order valence-corrected chi connectivity index (χ3v) is 21.6. The molecule has 0 fully saturated rings. The Morgan fingerprint density at radius 3 is 2.00 bits per heavy atom. The Morgan fingerprint density at radius 1 is 0.967 bits per heavy atom. The first kappa shape index (κ1) is 24.8. The summed E-state index contributed by atoms with van der Waals surface area (Å²) in [4.78, 5) is 24.9. The summed E-state index contributed by atoms with van der Waals surface area (Å²) in [5, 5.41) is 0.452. The first-order valence-corrected chi connectivity index (χ1v) is 18.7. The predicted octanol–water partition coefficient (Wildman–Crippen LogP) is 5.64. The Kier molecular flexibility index (Phi) is 9.72. The molecule has 0 saturated heterocycles. The average Bonchev–Trinajstić information content (AvgIpc) is 2.77. The molecule has 2 rings (SSSR count). The zero-order valence-electron chi connectivity index (χ0n) is 19.1. The second-order valence-electron chi connectivity index (χ2n) is 8.08. The molecule has 0 atom stereocenters. The molecule has 0 bridgehead atoms. The SMILES string of the molecule is CCC[CH2][Sn]([CH2]CCC)([CH2]CCC)[c]1ccc2oc(C(=O)OC)cc(=O)c2c1OC. The van der Waals surface area contributed by atoms with Crippen molar-refractivity contribution in [3.8, 4) is 5.75 Å². The van der Waals surface area contributed by atoms with Gasteiger partial charge in [0, 0.05) is 0 Å². The molecule has 0 aliphatic carbocycles. The number of benzene rings is 1. The van der Waals surface area contributed by atoms with Gasteiger partial charge in [-0.2, -0.15) is 0 Å². The number of rotatable bonds is 12. The maximum atomic E-state index is 13.0. The zero-order valence-corrected chi connectivity index (χ0v) is 22.0. The summed E-state index contributed by atoms with van der Waals surface area (Å²) in [6, 6.07) is 5.21. The van der Waals surface area contributed by atoms with E-state index in [1.807, 2.05) is 6.07 Å². The molecule has 0 unspecified atom stereocenters. The van der Waals surface area contributed by atoms with Crippen LogP contribution in [0.4, 0.5) is 0 Å². The van der Waals surface area contributed by atoms with Crippen molar-refractivity contribution in [2.75, 3.05) is 14.2 Å². The molecule has 0 saturated carbocycles. The number of esters is 1. The van der Waals surface area contributed by atoms with Crippen LogP contribution in [-0.2, 0) is 4.74 Å². The topological polar surface area (TPSA) is 65.7 Å². The van der Waals surface area contributed by atoms with Crippen molar-refractivity contribution in [2.24, 2.45) is 0 Å². The summed E-state index contributed by atoms with van der Waals surface area (Å²) >= 11 is -2.83. The van der Waals surface area contributed by atoms with Gasteiger partial charge in [-0.3, -0.25) is 0 Å². The molecule has 6 heteroatoms. The van der Waals surface area contributed by atoms with E-state index in [4.69, 9.17) is 13.9 Å². The first-order valence-electron chi connectivity index (χ1n) is 11.2. The molecular weight excluding hydrogens is 487 g/mol. The number of hydrogen-bond acceptors (Lipinski definition) is 5. The molecule has 2 aromatic rings. The third kappa shape index (κ3) is 5.40. The monoisotopic (exact) mass is 524 g/mol. The van der Waals surface area contributed by atoms with Crippen molar-refractivity contribution in [1.82, 2.24) is 0 Å². The molecule has 5 nitrogen and oxygen atoms in total. The van der Waals surface area contributed by atoms with Crippen molar-refractivity contribution in [2.45, 2.75) is 72.6 Å². The van der Waals surface area contributed by atoms with Crippen LogP contribution in [0.1, 0.15) is 69.9 Å². The molecule has 0 spiro atoms. The van der Waals surface area contributed by atoms with Gasteiger partial charge in [0.2, 0.25) is 0 Å². The van der Waals surface area contributed by atoms with Gasteiger partial charge in [0.05, 0.1) is 0 Å². The Balaban J connectivity index is 2.74. The molecule has 30 heavy (non-hydrogen) atoms. The minimum atomic E-state index is -2.83. The normalized spacial score (nSPS) is 11.6. The summed E-state index contributed by atoms with van der Waals surface area (Å²) in [7, 11) is 2.91. The third-order valence-electron chi connectivity index (χ3n) is 6.04. The average molecular weight is 523 g/mol. The van der Waals surface area contributed by atoms with Crippen molar-refractivity contribution < 1.29 is 18.7 Å². The van der Waals surface area contributed by atoms with Crippen LogP contribution in [0.5, 0.6) is 5.75 Å². The number of carbonyl (C=O) groups excluding carboxylic acids is 1. The Hall–Kier alpha value is -1.50. The Labute approximate surface area is 184 Å². The van der Waals surface area contributed by atoms with Crippen LogP contribution >= 0.6 is 0 Å². The number of carbonyl (C=O) groups is 1. The van der Waals surface area contributed by atoms with E-state index in [9.17, 15) is 9.59 Å². The minimum absolute atomic E-state index is 0.0810. The van der Waals surface area contributed by atoms with Gasteiger partial charge < -0.3 is 0 Å². The standard InChI is InChI=1S/C12H9O5.3C4H9.Sn/c1-15-8-4-3-5-9-11(8)7(13)6-10(17-9)12(14)16-2;3*1-3-4-2;/h3,5-6H,1-2H3;3*1,3-4H2,2H3;. The fourth-order valence-electron chi connectivity index (χ4n) is 4.38. The summed E-state index contributed by atoms with van der Waals surface area (Å²) in [6.45, 7) is 6.74. The van der Waals surface area contributed by atoms with E-state index in [0.717, 1.165) is 0 Å². The summed E-state index contributed by atoms with van der Waals surface area (Å²) in [5.41, 5.74) is 0.127. The van der Waals surface area contributed by atoms with E-state index in [1.54, 1.807) is 7.11 Å². The first-order chi connectivity index (χ1) is 14.5. The van der Waals surface area contributed by atoms with Gasteiger partial charge in [-0.1, -0.05) is 0 Å². The van der Waals surface area contributed by atoms with Gasteiger partial charge in [-0.15, -0.1) is 0 Å². The molecular formula is C24H36O5Sn. The molecule has 0 radical (unpaired) electrons. The zero-order chi connectivity index (χ0) is 22.1. The van der Waals surface area contributed by atoms with Crippen molar-refractivity contribution in [1.29, 1.82) is 0 Å². The van der Waals surface area contributed by atoms with Gasteiger partial charge in [0.25, 0.3) is 0 Å². The quantitative estimate of drug-likeness (QED) is 0.266.